The molecule has 0 unspecified atom stereocenters. The van der Waals surface area contributed by atoms with Crippen molar-refractivity contribution in [1.29, 1.82) is 0 Å². The van der Waals surface area contributed by atoms with Crippen LogP contribution in [0.15, 0.2) is 22.5 Å². The van der Waals surface area contributed by atoms with Crippen LogP contribution in [0.2, 0.25) is 0 Å². The molecule has 0 atom stereocenters. The molecule has 2 rings (SSSR count). The van der Waals surface area contributed by atoms with Crippen LogP contribution in [0.3, 0.4) is 0 Å². The van der Waals surface area contributed by atoms with Crippen LogP contribution < -0.4 is 4.72 Å². The van der Waals surface area contributed by atoms with Crippen LogP contribution in [0.4, 0.5) is 0 Å². The molecule has 0 saturated heterocycles. The summed E-state index contributed by atoms with van der Waals surface area (Å²) < 4.78 is 27.0. The molecule has 0 bridgehead atoms. The van der Waals surface area contributed by atoms with Gasteiger partial charge in [-0.2, -0.15) is 0 Å². The summed E-state index contributed by atoms with van der Waals surface area (Å²) in [6.45, 7) is 4.21. The standard InChI is InChI=1S/C11H14N2O2S3/c1-3-9-4-5-11(17-9)18(14,15)13-7-10-6-12-8(2)16-10/h4-6,13H,3,7H2,1-2H3. The van der Waals surface area contributed by atoms with Crippen LogP contribution in [0.1, 0.15) is 21.7 Å². The van der Waals surface area contributed by atoms with E-state index < -0.39 is 10.0 Å². The third-order valence-electron chi connectivity index (χ3n) is 2.36. The Balaban J connectivity index is 2.07. The average molecular weight is 302 g/mol. The van der Waals surface area contributed by atoms with Crippen molar-refractivity contribution in [3.63, 3.8) is 0 Å². The van der Waals surface area contributed by atoms with Gasteiger partial charge >= 0.3 is 0 Å². The van der Waals surface area contributed by atoms with E-state index in [4.69, 9.17) is 0 Å². The Morgan fingerprint density at radius 3 is 2.61 bits per heavy atom. The minimum absolute atomic E-state index is 0.299. The molecule has 1 N–H and O–H groups in total. The van der Waals surface area contributed by atoms with Gasteiger partial charge < -0.3 is 0 Å². The molecule has 0 amide bonds. The van der Waals surface area contributed by atoms with E-state index in [0.29, 0.717) is 10.8 Å². The van der Waals surface area contributed by atoms with Gasteiger partial charge in [0.05, 0.1) is 5.01 Å². The van der Waals surface area contributed by atoms with Gasteiger partial charge in [0, 0.05) is 22.5 Å². The zero-order chi connectivity index (χ0) is 13.2. The van der Waals surface area contributed by atoms with Crippen LogP contribution in [0.5, 0.6) is 0 Å². The number of hydrogen-bond acceptors (Lipinski definition) is 5. The van der Waals surface area contributed by atoms with Gasteiger partial charge in [-0.05, 0) is 25.5 Å². The number of nitrogens with one attached hydrogen (secondary N) is 1. The number of thiophene rings is 1. The molecule has 0 fully saturated rings. The molecule has 4 nitrogen and oxygen atoms in total. The Labute approximate surface area is 115 Å². The van der Waals surface area contributed by atoms with Crippen LogP contribution >= 0.6 is 22.7 Å². The first-order valence-electron chi connectivity index (χ1n) is 5.51. The average Bonchev–Trinajstić information content (AvgIpc) is 2.95. The van der Waals surface area contributed by atoms with E-state index in [-0.39, 0.29) is 0 Å². The van der Waals surface area contributed by atoms with E-state index in [1.807, 2.05) is 19.9 Å². The summed E-state index contributed by atoms with van der Waals surface area (Å²) >= 11 is 2.82. The van der Waals surface area contributed by atoms with E-state index >= 15 is 0 Å². The Hall–Kier alpha value is -0.760. The van der Waals surface area contributed by atoms with Crippen LogP contribution in [-0.4, -0.2) is 13.4 Å². The Morgan fingerprint density at radius 2 is 2.06 bits per heavy atom. The topological polar surface area (TPSA) is 59.1 Å². The van der Waals surface area contributed by atoms with Gasteiger partial charge in [-0.15, -0.1) is 22.7 Å². The summed E-state index contributed by atoms with van der Waals surface area (Å²) in [5.41, 5.74) is 0. The summed E-state index contributed by atoms with van der Waals surface area (Å²) in [7, 11) is -3.39. The third kappa shape index (κ3) is 3.17. The molecule has 7 heteroatoms. The molecule has 18 heavy (non-hydrogen) atoms. The van der Waals surface area contributed by atoms with E-state index in [9.17, 15) is 8.42 Å². The predicted octanol–water partition coefficient (Wildman–Crippen LogP) is 2.55. The summed E-state index contributed by atoms with van der Waals surface area (Å²) in [4.78, 5) is 6.09. The number of aryl methyl sites for hydroxylation is 2. The maximum Gasteiger partial charge on any atom is 0.250 e. The van der Waals surface area contributed by atoms with Crippen molar-refractivity contribution < 1.29 is 8.42 Å². The van der Waals surface area contributed by atoms with Crippen molar-refractivity contribution in [2.24, 2.45) is 0 Å². The molecule has 0 aliphatic rings. The smallest absolute Gasteiger partial charge is 0.250 e. The highest BCUT2D eigenvalue weighted by Crippen LogP contribution is 2.22. The van der Waals surface area contributed by atoms with Gasteiger partial charge in [-0.25, -0.2) is 18.1 Å². The fourth-order valence-electron chi connectivity index (χ4n) is 1.42. The third-order valence-corrected chi connectivity index (χ3v) is 6.39. The normalized spacial score (nSPS) is 11.9. The number of hydrogen-bond donors (Lipinski definition) is 1. The highest BCUT2D eigenvalue weighted by atomic mass is 32.2. The second-order valence-electron chi connectivity index (χ2n) is 3.74. The monoisotopic (exact) mass is 302 g/mol. The summed E-state index contributed by atoms with van der Waals surface area (Å²) in [6.07, 6.45) is 2.56. The summed E-state index contributed by atoms with van der Waals surface area (Å²) in [5.74, 6) is 0. The van der Waals surface area contributed by atoms with Gasteiger partial charge in [0.25, 0.3) is 0 Å². The maximum atomic E-state index is 12.0. The number of thiazole rings is 1. The molecule has 0 saturated carbocycles. The molecular weight excluding hydrogens is 288 g/mol. The highest BCUT2D eigenvalue weighted by molar-refractivity contribution is 7.91. The Bertz CT molecular complexity index is 628. The SMILES string of the molecule is CCc1ccc(S(=O)(=O)NCc2cnc(C)s2)s1. The fraction of sp³-hybridized carbons (Fsp3) is 0.364. The first-order valence-corrected chi connectivity index (χ1v) is 8.62. The lowest BCUT2D eigenvalue weighted by Crippen LogP contribution is -2.21. The van der Waals surface area contributed by atoms with Crippen LogP contribution in [0.25, 0.3) is 0 Å². The van der Waals surface area contributed by atoms with E-state index in [1.54, 1.807) is 12.3 Å². The number of aromatic nitrogens is 1. The molecular formula is C11H14N2O2S3. The van der Waals surface area contributed by atoms with Crippen molar-refractivity contribution in [2.75, 3.05) is 0 Å². The minimum atomic E-state index is -3.39. The van der Waals surface area contributed by atoms with Crippen molar-refractivity contribution in [3.8, 4) is 0 Å². The first kappa shape index (κ1) is 13.7. The van der Waals surface area contributed by atoms with Crippen molar-refractivity contribution >= 4 is 32.7 Å². The predicted molar refractivity (Wildman–Crippen MR) is 74.6 cm³/mol. The van der Waals surface area contributed by atoms with E-state index in [1.165, 1.54) is 22.7 Å². The Kier molecular flexibility index (Phi) is 4.16. The number of sulfonamides is 1. The molecule has 0 aromatic carbocycles. The van der Waals surface area contributed by atoms with Gasteiger partial charge in [-0.3, -0.25) is 0 Å². The molecule has 0 aliphatic carbocycles. The quantitative estimate of drug-likeness (QED) is 0.923. The molecule has 2 heterocycles. The summed E-state index contributed by atoms with van der Waals surface area (Å²) in [5, 5.41) is 0.939. The van der Waals surface area contributed by atoms with Gasteiger partial charge in [-0.1, -0.05) is 6.92 Å². The second-order valence-corrected chi connectivity index (χ2v) is 8.23. The lowest BCUT2D eigenvalue weighted by molar-refractivity contribution is 0.584. The van der Waals surface area contributed by atoms with Gasteiger partial charge in [0.2, 0.25) is 10.0 Å². The van der Waals surface area contributed by atoms with Crippen LogP contribution in [-0.2, 0) is 23.0 Å². The maximum absolute atomic E-state index is 12.0. The van der Waals surface area contributed by atoms with Crippen molar-refractivity contribution in [2.45, 2.75) is 31.0 Å². The molecule has 0 spiro atoms. The van der Waals surface area contributed by atoms with Crippen molar-refractivity contribution in [3.05, 3.63) is 33.1 Å². The molecule has 2 aromatic heterocycles. The van der Waals surface area contributed by atoms with Gasteiger partial charge in [0.15, 0.2) is 0 Å². The minimum Gasteiger partial charge on any atom is -0.250 e. The molecule has 98 valence electrons. The van der Waals surface area contributed by atoms with Gasteiger partial charge in [0.1, 0.15) is 4.21 Å². The zero-order valence-electron chi connectivity index (χ0n) is 10.1. The van der Waals surface area contributed by atoms with E-state index in [2.05, 4.69) is 9.71 Å². The second kappa shape index (κ2) is 5.48. The largest absolute Gasteiger partial charge is 0.250 e. The highest BCUT2D eigenvalue weighted by Gasteiger charge is 2.16. The van der Waals surface area contributed by atoms with Crippen molar-refractivity contribution in [1.82, 2.24) is 9.71 Å². The fourth-order valence-corrected chi connectivity index (χ4v) is 4.59. The lowest BCUT2D eigenvalue weighted by Gasteiger charge is -2.02. The van der Waals surface area contributed by atoms with E-state index in [0.717, 1.165) is 21.2 Å². The molecule has 2 aromatic rings. The zero-order valence-corrected chi connectivity index (χ0v) is 12.6. The summed E-state index contributed by atoms with van der Waals surface area (Å²) in [6, 6.07) is 3.51. The number of nitrogens with zero attached hydrogens (tertiary/aromatic N) is 1. The Morgan fingerprint density at radius 1 is 1.28 bits per heavy atom. The number of rotatable bonds is 5. The van der Waals surface area contributed by atoms with Crippen LogP contribution in [0, 0.1) is 6.92 Å². The molecule has 0 radical (unpaired) electrons. The molecule has 0 aliphatic heterocycles. The first-order chi connectivity index (χ1) is 8.51. The lowest BCUT2D eigenvalue weighted by atomic mass is 10.4.